The first-order valence-electron chi connectivity index (χ1n) is 24.4. The second-order valence-electron chi connectivity index (χ2n) is 16.9. The maximum Gasteiger partial charge on any atom is 0.306 e. The molecule has 0 bridgehead atoms. The number of rotatable bonds is 37. The van der Waals surface area contributed by atoms with Gasteiger partial charge in [0.25, 0.3) is 0 Å². The zero-order valence-electron chi connectivity index (χ0n) is 39.0. The van der Waals surface area contributed by atoms with Crippen LogP contribution in [0.3, 0.4) is 0 Å². The Morgan fingerprint density at radius 3 is 1.61 bits per heavy atom. The zero-order chi connectivity index (χ0) is 46.6. The molecule has 0 aromatic rings. The molecule has 7 N–H and O–H groups in total. The monoisotopic (exact) mass is 911 g/mol. The lowest BCUT2D eigenvalue weighted by atomic mass is 9.98. The van der Waals surface area contributed by atoms with E-state index in [1.165, 1.54) is 57.8 Å². The summed E-state index contributed by atoms with van der Waals surface area (Å²) in [5.41, 5.74) is 0. The molecule has 2 aliphatic rings. The fourth-order valence-corrected chi connectivity index (χ4v) is 7.27. The number of unbranched alkanes of at least 4 members (excludes halogenated alkanes) is 13. The van der Waals surface area contributed by atoms with E-state index in [1.54, 1.807) is 0 Å². The predicted octanol–water partition coefficient (Wildman–Crippen LogP) is 6.57. The molecule has 0 aromatic carbocycles. The van der Waals surface area contributed by atoms with E-state index in [0.29, 0.717) is 13.0 Å². The van der Waals surface area contributed by atoms with Crippen LogP contribution in [0.1, 0.15) is 149 Å². The van der Waals surface area contributed by atoms with Crippen LogP contribution < -0.4 is 0 Å². The molecule has 14 nitrogen and oxygen atoms in total. The molecular formula is C50H86O14. The summed E-state index contributed by atoms with van der Waals surface area (Å²) < 4.78 is 34.2. The molecule has 0 spiro atoms. The first kappa shape index (κ1) is 57.8. The number of carbonyl (C=O) groups is 1. The van der Waals surface area contributed by atoms with E-state index in [0.717, 1.165) is 64.2 Å². The standard InChI is InChI=1S/C50H86O14/c1-3-5-7-9-11-13-15-17-19-21-23-25-27-29-31-33-42(52)62-39(36-59-34-32-30-28-26-24-22-20-18-16-14-12-10-8-6-4-2)37-60-49-48(58)46(56)44(54)41(64-49)38-61-50-47(57)45(55)43(53)40(35-51)63-50/h5,7,11,13,16-19,23,25,39-41,43-51,53-58H,3-4,6,8-10,12,14-15,20-22,24,26-38H2,1-2H3/b7-5-,13-11-,18-16-,19-17-,25-23-. The normalized spacial score (nSPS) is 27.3. The minimum atomic E-state index is -1.72. The van der Waals surface area contributed by atoms with Crippen molar-refractivity contribution in [1.29, 1.82) is 0 Å². The molecule has 2 heterocycles. The van der Waals surface area contributed by atoms with Gasteiger partial charge < -0.3 is 64.2 Å². The number of hydrogen-bond donors (Lipinski definition) is 7. The highest BCUT2D eigenvalue weighted by molar-refractivity contribution is 5.69. The van der Waals surface area contributed by atoms with Gasteiger partial charge in [-0.15, -0.1) is 0 Å². The van der Waals surface area contributed by atoms with Crippen LogP contribution in [-0.4, -0.2) is 142 Å². The number of hydrogen-bond acceptors (Lipinski definition) is 14. The van der Waals surface area contributed by atoms with Gasteiger partial charge in [-0.05, 0) is 77.0 Å². The van der Waals surface area contributed by atoms with E-state index in [4.69, 9.17) is 28.4 Å². The van der Waals surface area contributed by atoms with Gasteiger partial charge >= 0.3 is 5.97 Å². The van der Waals surface area contributed by atoms with Crippen molar-refractivity contribution in [2.24, 2.45) is 0 Å². The number of aliphatic hydroxyl groups excluding tert-OH is 7. The van der Waals surface area contributed by atoms with Crippen molar-refractivity contribution in [3.63, 3.8) is 0 Å². The summed E-state index contributed by atoms with van der Waals surface area (Å²) in [4.78, 5) is 13.0. The minimum absolute atomic E-state index is 0.0380. The lowest BCUT2D eigenvalue weighted by molar-refractivity contribution is -0.332. The highest BCUT2D eigenvalue weighted by Crippen LogP contribution is 2.26. The maximum absolute atomic E-state index is 13.0. The Morgan fingerprint density at radius 1 is 0.531 bits per heavy atom. The van der Waals surface area contributed by atoms with Crippen molar-refractivity contribution < 1.29 is 69.0 Å². The third kappa shape index (κ3) is 25.6. The molecule has 2 saturated heterocycles. The topological polar surface area (TPSA) is 214 Å². The molecule has 0 amide bonds. The summed E-state index contributed by atoms with van der Waals surface area (Å²) in [5.74, 6) is -0.421. The Kier molecular flexibility index (Phi) is 34.1. The van der Waals surface area contributed by atoms with Crippen LogP contribution in [-0.2, 0) is 33.2 Å². The first-order chi connectivity index (χ1) is 31.1. The summed E-state index contributed by atoms with van der Waals surface area (Å²) >= 11 is 0. The van der Waals surface area contributed by atoms with Gasteiger partial charge in [-0.3, -0.25) is 4.79 Å². The minimum Gasteiger partial charge on any atom is -0.457 e. The summed E-state index contributed by atoms with van der Waals surface area (Å²) in [7, 11) is 0. The van der Waals surface area contributed by atoms with Crippen molar-refractivity contribution in [1.82, 2.24) is 0 Å². The van der Waals surface area contributed by atoms with Gasteiger partial charge in [0, 0.05) is 13.0 Å². The third-order valence-electron chi connectivity index (χ3n) is 11.3. The lowest BCUT2D eigenvalue weighted by Crippen LogP contribution is -2.61. The zero-order valence-corrected chi connectivity index (χ0v) is 39.0. The average molecular weight is 911 g/mol. The molecule has 370 valence electrons. The predicted molar refractivity (Wildman–Crippen MR) is 247 cm³/mol. The second-order valence-corrected chi connectivity index (χ2v) is 16.9. The van der Waals surface area contributed by atoms with E-state index in [2.05, 4.69) is 74.6 Å². The summed E-state index contributed by atoms with van der Waals surface area (Å²) in [5, 5.41) is 72.0. The second kappa shape index (κ2) is 37.7. The summed E-state index contributed by atoms with van der Waals surface area (Å²) in [6, 6.07) is 0. The van der Waals surface area contributed by atoms with Gasteiger partial charge in [-0.25, -0.2) is 0 Å². The largest absolute Gasteiger partial charge is 0.457 e. The molecule has 0 saturated carbocycles. The first-order valence-corrected chi connectivity index (χ1v) is 24.4. The molecule has 2 rings (SSSR count). The van der Waals surface area contributed by atoms with Crippen molar-refractivity contribution in [2.75, 3.05) is 33.0 Å². The maximum atomic E-state index is 13.0. The van der Waals surface area contributed by atoms with Crippen LogP contribution in [0.25, 0.3) is 0 Å². The quantitative estimate of drug-likeness (QED) is 0.0200. The van der Waals surface area contributed by atoms with Crippen molar-refractivity contribution in [3.05, 3.63) is 60.8 Å². The molecule has 2 aliphatic heterocycles. The van der Waals surface area contributed by atoms with Crippen molar-refractivity contribution in [2.45, 2.75) is 216 Å². The van der Waals surface area contributed by atoms with Crippen LogP contribution in [0.5, 0.6) is 0 Å². The van der Waals surface area contributed by atoms with Gasteiger partial charge in [-0.1, -0.05) is 126 Å². The third-order valence-corrected chi connectivity index (χ3v) is 11.3. The van der Waals surface area contributed by atoms with Crippen LogP contribution in [0.4, 0.5) is 0 Å². The van der Waals surface area contributed by atoms with Gasteiger partial charge in [0.15, 0.2) is 12.6 Å². The average Bonchev–Trinajstić information content (AvgIpc) is 3.29. The van der Waals surface area contributed by atoms with E-state index >= 15 is 0 Å². The van der Waals surface area contributed by atoms with Crippen LogP contribution in [0.15, 0.2) is 60.8 Å². The van der Waals surface area contributed by atoms with Crippen LogP contribution >= 0.6 is 0 Å². The summed E-state index contributed by atoms with van der Waals surface area (Å²) in [6.45, 7) is 3.47. The fraction of sp³-hybridized carbons (Fsp3) is 0.780. The van der Waals surface area contributed by atoms with E-state index in [-0.39, 0.29) is 19.6 Å². The fourth-order valence-electron chi connectivity index (χ4n) is 7.27. The smallest absolute Gasteiger partial charge is 0.306 e. The molecular weight excluding hydrogens is 825 g/mol. The van der Waals surface area contributed by atoms with Crippen LogP contribution in [0, 0.1) is 0 Å². The molecule has 2 fully saturated rings. The lowest BCUT2D eigenvalue weighted by Gasteiger charge is -2.42. The van der Waals surface area contributed by atoms with Gasteiger partial charge in [-0.2, -0.15) is 0 Å². The van der Waals surface area contributed by atoms with Crippen molar-refractivity contribution in [3.8, 4) is 0 Å². The van der Waals surface area contributed by atoms with E-state index < -0.39 is 86.7 Å². The Bertz CT molecular complexity index is 1290. The Balaban J connectivity index is 1.82. The number of esters is 1. The van der Waals surface area contributed by atoms with Gasteiger partial charge in [0.05, 0.1) is 26.4 Å². The SMILES string of the molecule is CC/C=C\C/C=C\C/C=C\C/C=C\CCCCC(=O)OC(COCCCCCCCC/C=C\CCCCCCC)COC1OC(COC2OC(CO)C(O)C(O)C2O)C(O)C(O)C1O. The number of ether oxygens (including phenoxy) is 6. The van der Waals surface area contributed by atoms with Crippen molar-refractivity contribution >= 4 is 5.97 Å². The van der Waals surface area contributed by atoms with Gasteiger partial charge in [0.2, 0.25) is 0 Å². The molecule has 64 heavy (non-hydrogen) atoms. The molecule has 11 unspecified atom stereocenters. The Morgan fingerprint density at radius 2 is 1.02 bits per heavy atom. The van der Waals surface area contributed by atoms with Crippen LogP contribution in [0.2, 0.25) is 0 Å². The molecule has 0 aromatic heterocycles. The molecule has 0 aliphatic carbocycles. The summed E-state index contributed by atoms with van der Waals surface area (Å²) in [6.07, 6.45) is 27.2. The van der Waals surface area contributed by atoms with E-state index in [9.17, 15) is 40.5 Å². The highest BCUT2D eigenvalue weighted by Gasteiger charge is 2.47. The van der Waals surface area contributed by atoms with E-state index in [1.807, 2.05) is 0 Å². The Hall–Kier alpha value is -2.31. The number of carbonyl (C=O) groups excluding carboxylic acids is 1. The Labute approximate surface area is 384 Å². The highest BCUT2D eigenvalue weighted by atomic mass is 16.7. The number of allylic oxidation sites excluding steroid dienone is 10. The molecule has 0 radical (unpaired) electrons. The van der Waals surface area contributed by atoms with Gasteiger partial charge in [0.1, 0.15) is 54.9 Å². The molecule has 14 heteroatoms. The number of aliphatic hydroxyl groups is 7. The molecule has 11 atom stereocenters.